The zero-order chi connectivity index (χ0) is 17.2. The van der Waals surface area contributed by atoms with Crippen LogP contribution in [0.15, 0.2) is 60.5 Å². The number of fused-ring (bicyclic) bond motifs is 1. The van der Waals surface area contributed by atoms with Crippen LogP contribution in [0.4, 0.5) is 0 Å². The highest BCUT2D eigenvalue weighted by Crippen LogP contribution is 2.18. The highest BCUT2D eigenvalue weighted by atomic mass is 32.1. The maximum atomic E-state index is 12.4. The normalized spacial score (nSPS) is 12.4. The summed E-state index contributed by atoms with van der Waals surface area (Å²) in [5.41, 5.74) is 1.84. The Morgan fingerprint density at radius 2 is 2.12 bits per heavy atom. The minimum atomic E-state index is -0.150. The van der Waals surface area contributed by atoms with E-state index in [1.54, 1.807) is 17.5 Å². The first-order valence-electron chi connectivity index (χ1n) is 7.99. The number of rotatable bonds is 5. The molecule has 0 radical (unpaired) electrons. The molecule has 3 heterocycles. The van der Waals surface area contributed by atoms with Crippen molar-refractivity contribution < 1.29 is 4.79 Å². The number of carbonyl (C=O) groups excluding carboxylic acids is 1. The molecule has 0 aliphatic heterocycles. The van der Waals surface area contributed by atoms with Gasteiger partial charge in [0.25, 0.3) is 0 Å². The van der Waals surface area contributed by atoms with Crippen molar-refractivity contribution in [2.45, 2.75) is 19.5 Å². The molecule has 0 unspecified atom stereocenters. The molecule has 4 aromatic rings. The van der Waals surface area contributed by atoms with E-state index in [-0.39, 0.29) is 18.5 Å². The van der Waals surface area contributed by atoms with Gasteiger partial charge in [0.05, 0.1) is 11.7 Å². The molecule has 3 aromatic heterocycles. The topological polar surface area (TPSA) is 64.2 Å². The minimum absolute atomic E-state index is 0.0703. The molecular formula is C18H17N5OS. The standard InChI is InChI=1S/C18H17N5OS/c1-13(15-11-23-9-10-25-18(23)21-15)20-16(24)12-22-8-7-19-17(22)14-5-3-2-4-6-14/h2-11,13H,12H2,1H3,(H,20,24)/t13-/m0/s1. The second kappa shape index (κ2) is 6.52. The Labute approximate surface area is 148 Å². The van der Waals surface area contributed by atoms with E-state index in [2.05, 4.69) is 15.3 Å². The summed E-state index contributed by atoms with van der Waals surface area (Å²) < 4.78 is 3.81. The van der Waals surface area contributed by atoms with Crippen molar-refractivity contribution in [2.24, 2.45) is 0 Å². The molecule has 1 atom stereocenters. The number of nitrogens with zero attached hydrogens (tertiary/aromatic N) is 4. The molecule has 1 amide bonds. The van der Waals surface area contributed by atoms with E-state index in [0.29, 0.717) is 0 Å². The van der Waals surface area contributed by atoms with Gasteiger partial charge in [-0.15, -0.1) is 11.3 Å². The number of carbonyl (C=O) groups is 1. The number of aromatic nitrogens is 4. The molecule has 0 saturated carbocycles. The van der Waals surface area contributed by atoms with Crippen LogP contribution in [0.1, 0.15) is 18.7 Å². The van der Waals surface area contributed by atoms with Crippen molar-refractivity contribution in [3.63, 3.8) is 0 Å². The van der Waals surface area contributed by atoms with Crippen LogP contribution in [0.5, 0.6) is 0 Å². The number of thiazole rings is 1. The average molecular weight is 351 g/mol. The van der Waals surface area contributed by atoms with E-state index in [0.717, 1.165) is 22.0 Å². The molecule has 7 heteroatoms. The van der Waals surface area contributed by atoms with E-state index in [4.69, 9.17) is 0 Å². The molecule has 0 saturated heterocycles. The Balaban J connectivity index is 1.46. The zero-order valence-corrected chi connectivity index (χ0v) is 14.5. The third kappa shape index (κ3) is 3.18. The summed E-state index contributed by atoms with van der Waals surface area (Å²) in [6, 6.07) is 9.69. The molecule has 25 heavy (non-hydrogen) atoms. The number of amides is 1. The summed E-state index contributed by atoms with van der Waals surface area (Å²) in [5.74, 6) is 0.713. The van der Waals surface area contributed by atoms with Gasteiger partial charge in [-0.25, -0.2) is 9.97 Å². The summed E-state index contributed by atoms with van der Waals surface area (Å²) in [7, 11) is 0. The van der Waals surface area contributed by atoms with Gasteiger partial charge in [-0.2, -0.15) is 0 Å². The molecule has 1 N–H and O–H groups in total. The molecule has 4 rings (SSSR count). The van der Waals surface area contributed by atoms with E-state index in [9.17, 15) is 4.79 Å². The lowest BCUT2D eigenvalue weighted by Gasteiger charge is -2.13. The number of hydrogen-bond donors (Lipinski definition) is 1. The predicted octanol–water partition coefficient (Wildman–Crippen LogP) is 3.14. The van der Waals surface area contributed by atoms with Gasteiger partial charge in [0.15, 0.2) is 4.96 Å². The van der Waals surface area contributed by atoms with Crippen molar-refractivity contribution in [2.75, 3.05) is 0 Å². The van der Waals surface area contributed by atoms with Crippen molar-refractivity contribution in [3.8, 4) is 11.4 Å². The second-order valence-electron chi connectivity index (χ2n) is 5.79. The van der Waals surface area contributed by atoms with Gasteiger partial charge in [-0.1, -0.05) is 30.3 Å². The maximum Gasteiger partial charge on any atom is 0.240 e. The van der Waals surface area contributed by atoms with Crippen LogP contribution in [0.2, 0.25) is 0 Å². The van der Waals surface area contributed by atoms with Gasteiger partial charge in [-0.05, 0) is 6.92 Å². The van der Waals surface area contributed by atoms with Crippen molar-refractivity contribution >= 4 is 22.2 Å². The molecule has 0 bridgehead atoms. The summed E-state index contributed by atoms with van der Waals surface area (Å²) in [4.78, 5) is 22.3. The fraction of sp³-hybridized carbons (Fsp3) is 0.167. The smallest absolute Gasteiger partial charge is 0.240 e. The van der Waals surface area contributed by atoms with Gasteiger partial charge in [0, 0.05) is 35.7 Å². The van der Waals surface area contributed by atoms with E-state index in [1.807, 2.05) is 70.2 Å². The monoisotopic (exact) mass is 351 g/mol. The molecule has 6 nitrogen and oxygen atoms in total. The average Bonchev–Trinajstić information content (AvgIpc) is 3.31. The quantitative estimate of drug-likeness (QED) is 0.601. The van der Waals surface area contributed by atoms with Gasteiger partial charge in [-0.3, -0.25) is 9.20 Å². The number of hydrogen-bond acceptors (Lipinski definition) is 4. The molecule has 0 aliphatic carbocycles. The van der Waals surface area contributed by atoms with Crippen molar-refractivity contribution in [1.29, 1.82) is 0 Å². The highest BCUT2D eigenvalue weighted by Gasteiger charge is 2.15. The minimum Gasteiger partial charge on any atom is -0.346 e. The number of imidazole rings is 2. The first kappa shape index (κ1) is 15.6. The number of benzene rings is 1. The third-order valence-electron chi connectivity index (χ3n) is 3.99. The van der Waals surface area contributed by atoms with E-state index in [1.165, 1.54) is 0 Å². The maximum absolute atomic E-state index is 12.4. The van der Waals surface area contributed by atoms with Crippen LogP contribution in [-0.2, 0) is 11.3 Å². The summed E-state index contributed by atoms with van der Waals surface area (Å²) >= 11 is 1.57. The predicted molar refractivity (Wildman–Crippen MR) is 97.3 cm³/mol. The molecule has 0 fully saturated rings. The fourth-order valence-corrected chi connectivity index (χ4v) is 3.46. The van der Waals surface area contributed by atoms with Crippen LogP contribution in [-0.4, -0.2) is 24.8 Å². The Morgan fingerprint density at radius 1 is 1.28 bits per heavy atom. The summed E-state index contributed by atoms with van der Waals surface area (Å²) in [6.45, 7) is 2.16. The Kier molecular flexibility index (Phi) is 4.07. The van der Waals surface area contributed by atoms with Crippen LogP contribution < -0.4 is 5.32 Å². The van der Waals surface area contributed by atoms with Crippen molar-refractivity contribution in [1.82, 2.24) is 24.3 Å². The third-order valence-corrected chi connectivity index (χ3v) is 4.77. The van der Waals surface area contributed by atoms with Crippen LogP contribution in [0.25, 0.3) is 16.3 Å². The fourth-order valence-electron chi connectivity index (χ4n) is 2.75. The SMILES string of the molecule is C[C@H](NC(=O)Cn1ccnc1-c1ccccc1)c1cn2ccsc2n1. The summed E-state index contributed by atoms with van der Waals surface area (Å²) in [5, 5.41) is 4.99. The molecular weight excluding hydrogens is 334 g/mol. The lowest BCUT2D eigenvalue weighted by molar-refractivity contribution is -0.122. The van der Waals surface area contributed by atoms with E-state index < -0.39 is 0 Å². The Bertz CT molecular complexity index is 972. The molecule has 0 spiro atoms. The first-order chi connectivity index (χ1) is 12.2. The number of nitrogens with one attached hydrogen (secondary N) is 1. The second-order valence-corrected chi connectivity index (χ2v) is 6.67. The van der Waals surface area contributed by atoms with Gasteiger partial charge >= 0.3 is 0 Å². The van der Waals surface area contributed by atoms with Gasteiger partial charge < -0.3 is 9.88 Å². The van der Waals surface area contributed by atoms with Crippen molar-refractivity contribution in [3.05, 3.63) is 66.2 Å². The lowest BCUT2D eigenvalue weighted by atomic mass is 10.2. The molecule has 0 aliphatic rings. The Hall–Kier alpha value is -2.93. The van der Waals surface area contributed by atoms with Crippen LogP contribution in [0.3, 0.4) is 0 Å². The largest absolute Gasteiger partial charge is 0.346 e. The van der Waals surface area contributed by atoms with E-state index >= 15 is 0 Å². The molecule has 126 valence electrons. The Morgan fingerprint density at radius 3 is 2.92 bits per heavy atom. The zero-order valence-electron chi connectivity index (χ0n) is 13.7. The van der Waals surface area contributed by atoms with Gasteiger partial charge in [0.1, 0.15) is 12.4 Å². The molecule has 1 aromatic carbocycles. The first-order valence-corrected chi connectivity index (χ1v) is 8.86. The van der Waals surface area contributed by atoms with Crippen LogP contribution in [0, 0.1) is 0 Å². The summed E-state index contributed by atoms with van der Waals surface area (Å²) in [6.07, 6.45) is 7.44. The lowest BCUT2D eigenvalue weighted by Crippen LogP contribution is -2.30. The highest BCUT2D eigenvalue weighted by molar-refractivity contribution is 7.15. The van der Waals surface area contributed by atoms with Crippen LogP contribution >= 0.6 is 11.3 Å². The van der Waals surface area contributed by atoms with Gasteiger partial charge in [0.2, 0.25) is 5.91 Å².